The highest BCUT2D eigenvalue weighted by Gasteiger charge is 2.40. The molecular formula is C14H28N2O. The van der Waals surface area contributed by atoms with Crippen molar-refractivity contribution in [2.24, 2.45) is 5.92 Å². The van der Waals surface area contributed by atoms with E-state index in [1.165, 1.54) is 25.8 Å². The summed E-state index contributed by atoms with van der Waals surface area (Å²) in [5, 5.41) is 3.63. The Hall–Kier alpha value is -0.120. The number of methoxy groups -OCH3 is 1. The number of likely N-dealkylation sites (tertiary alicyclic amines) is 1. The van der Waals surface area contributed by atoms with Crippen LogP contribution in [-0.4, -0.2) is 49.3 Å². The van der Waals surface area contributed by atoms with Crippen molar-refractivity contribution in [2.45, 2.75) is 64.3 Å². The van der Waals surface area contributed by atoms with Gasteiger partial charge in [0.2, 0.25) is 0 Å². The topological polar surface area (TPSA) is 24.5 Å². The minimum atomic E-state index is 0.522. The van der Waals surface area contributed by atoms with E-state index in [4.69, 9.17) is 4.74 Å². The number of piperidine rings is 1. The number of rotatable bonds is 4. The summed E-state index contributed by atoms with van der Waals surface area (Å²) in [5.74, 6) is 0.755. The van der Waals surface area contributed by atoms with Gasteiger partial charge in [0, 0.05) is 31.8 Å². The second-order valence-corrected chi connectivity index (χ2v) is 5.77. The maximum absolute atomic E-state index is 5.39. The molecule has 0 aromatic rings. The lowest BCUT2D eigenvalue weighted by molar-refractivity contribution is -0.0605. The average molecular weight is 240 g/mol. The van der Waals surface area contributed by atoms with Gasteiger partial charge in [-0.15, -0.1) is 0 Å². The van der Waals surface area contributed by atoms with Gasteiger partial charge >= 0.3 is 0 Å². The zero-order valence-corrected chi connectivity index (χ0v) is 11.8. The van der Waals surface area contributed by atoms with Crippen molar-refractivity contribution in [3.63, 3.8) is 0 Å². The second kappa shape index (κ2) is 5.68. The van der Waals surface area contributed by atoms with E-state index in [1.807, 2.05) is 7.11 Å². The molecule has 0 spiro atoms. The van der Waals surface area contributed by atoms with Gasteiger partial charge in [-0.05, 0) is 38.6 Å². The molecule has 1 aliphatic heterocycles. The van der Waals surface area contributed by atoms with Crippen LogP contribution >= 0.6 is 0 Å². The SMILES string of the molecule is CCNC1CCN(C2CC(OC)C2)C(C)C1C. The van der Waals surface area contributed by atoms with E-state index in [-0.39, 0.29) is 0 Å². The quantitative estimate of drug-likeness (QED) is 0.812. The summed E-state index contributed by atoms with van der Waals surface area (Å²) in [7, 11) is 1.84. The molecule has 17 heavy (non-hydrogen) atoms. The third kappa shape index (κ3) is 2.67. The summed E-state index contributed by atoms with van der Waals surface area (Å²) < 4.78 is 5.39. The van der Waals surface area contributed by atoms with Crippen LogP contribution in [0.25, 0.3) is 0 Å². The van der Waals surface area contributed by atoms with Gasteiger partial charge in [0.05, 0.1) is 6.10 Å². The Labute approximate surface area is 106 Å². The first kappa shape index (κ1) is 13.3. The molecular weight excluding hydrogens is 212 g/mol. The molecule has 1 heterocycles. The van der Waals surface area contributed by atoms with Gasteiger partial charge in [-0.1, -0.05) is 13.8 Å². The average Bonchev–Trinajstić information content (AvgIpc) is 2.26. The second-order valence-electron chi connectivity index (χ2n) is 5.77. The van der Waals surface area contributed by atoms with Crippen LogP contribution in [0.2, 0.25) is 0 Å². The van der Waals surface area contributed by atoms with Crippen LogP contribution in [-0.2, 0) is 4.74 Å². The standard InChI is InChI=1S/C14H28N2O/c1-5-15-14-6-7-16(11(3)10(14)2)12-8-13(9-12)17-4/h10-15H,5-9H2,1-4H3. The predicted molar refractivity (Wildman–Crippen MR) is 71.2 cm³/mol. The molecule has 1 aliphatic carbocycles. The molecule has 0 amide bonds. The van der Waals surface area contributed by atoms with Crippen LogP contribution in [0.15, 0.2) is 0 Å². The van der Waals surface area contributed by atoms with Crippen molar-refractivity contribution in [3.05, 3.63) is 0 Å². The summed E-state index contributed by atoms with van der Waals surface area (Å²) in [4.78, 5) is 2.72. The summed E-state index contributed by atoms with van der Waals surface area (Å²) in [6, 6.07) is 2.19. The zero-order valence-electron chi connectivity index (χ0n) is 11.8. The maximum Gasteiger partial charge on any atom is 0.0601 e. The monoisotopic (exact) mass is 240 g/mol. The Kier molecular flexibility index (Phi) is 4.45. The molecule has 3 heteroatoms. The van der Waals surface area contributed by atoms with Gasteiger partial charge in [0.15, 0.2) is 0 Å². The number of hydrogen-bond donors (Lipinski definition) is 1. The lowest BCUT2D eigenvalue weighted by Gasteiger charge is -2.51. The fourth-order valence-electron chi connectivity index (χ4n) is 3.46. The molecule has 1 saturated heterocycles. The largest absolute Gasteiger partial charge is 0.381 e. The highest BCUT2D eigenvalue weighted by Crippen LogP contribution is 2.34. The molecule has 1 N–H and O–H groups in total. The highest BCUT2D eigenvalue weighted by atomic mass is 16.5. The van der Waals surface area contributed by atoms with Crippen LogP contribution in [0.3, 0.4) is 0 Å². The molecule has 0 bridgehead atoms. The molecule has 3 atom stereocenters. The molecule has 2 aliphatic rings. The van der Waals surface area contributed by atoms with Crippen molar-refractivity contribution in [1.82, 2.24) is 10.2 Å². The van der Waals surface area contributed by atoms with Crippen molar-refractivity contribution < 1.29 is 4.74 Å². The molecule has 0 radical (unpaired) electrons. The van der Waals surface area contributed by atoms with E-state index >= 15 is 0 Å². The maximum atomic E-state index is 5.39. The number of nitrogens with zero attached hydrogens (tertiary/aromatic N) is 1. The lowest BCUT2D eigenvalue weighted by Crippen LogP contribution is -2.59. The summed E-state index contributed by atoms with van der Waals surface area (Å²) in [5.41, 5.74) is 0. The molecule has 3 unspecified atom stereocenters. The van der Waals surface area contributed by atoms with E-state index in [2.05, 4.69) is 31.0 Å². The molecule has 2 fully saturated rings. The lowest BCUT2D eigenvalue weighted by atomic mass is 9.80. The Morgan fingerprint density at radius 1 is 1.29 bits per heavy atom. The van der Waals surface area contributed by atoms with Crippen molar-refractivity contribution >= 4 is 0 Å². The Morgan fingerprint density at radius 3 is 2.59 bits per heavy atom. The normalized spacial score (nSPS) is 43.4. The van der Waals surface area contributed by atoms with Gasteiger partial charge in [-0.2, -0.15) is 0 Å². The van der Waals surface area contributed by atoms with Gasteiger partial charge in [0.25, 0.3) is 0 Å². The Balaban J connectivity index is 1.86. The highest BCUT2D eigenvalue weighted by molar-refractivity contribution is 4.96. The van der Waals surface area contributed by atoms with E-state index in [0.29, 0.717) is 18.2 Å². The fraction of sp³-hybridized carbons (Fsp3) is 1.00. The van der Waals surface area contributed by atoms with E-state index in [1.54, 1.807) is 0 Å². The first-order valence-electron chi connectivity index (χ1n) is 7.19. The minimum absolute atomic E-state index is 0.522. The van der Waals surface area contributed by atoms with E-state index in [0.717, 1.165) is 18.5 Å². The van der Waals surface area contributed by atoms with E-state index in [9.17, 15) is 0 Å². The smallest absolute Gasteiger partial charge is 0.0601 e. The first-order chi connectivity index (χ1) is 8.17. The van der Waals surface area contributed by atoms with Gasteiger partial charge in [-0.3, -0.25) is 4.90 Å². The van der Waals surface area contributed by atoms with Crippen LogP contribution in [0, 0.1) is 5.92 Å². The Morgan fingerprint density at radius 2 is 2.00 bits per heavy atom. The van der Waals surface area contributed by atoms with Crippen molar-refractivity contribution in [3.8, 4) is 0 Å². The summed E-state index contributed by atoms with van der Waals surface area (Å²) in [6.07, 6.45) is 4.29. The van der Waals surface area contributed by atoms with Crippen LogP contribution in [0.5, 0.6) is 0 Å². The zero-order chi connectivity index (χ0) is 12.4. The third-order valence-electron chi connectivity index (χ3n) is 4.96. The molecule has 3 nitrogen and oxygen atoms in total. The predicted octanol–water partition coefficient (Wildman–Crippen LogP) is 1.87. The van der Waals surface area contributed by atoms with Crippen molar-refractivity contribution in [1.29, 1.82) is 0 Å². The number of nitrogens with one attached hydrogen (secondary N) is 1. The molecule has 0 aromatic heterocycles. The Bertz CT molecular complexity index is 240. The van der Waals surface area contributed by atoms with E-state index < -0.39 is 0 Å². The van der Waals surface area contributed by atoms with Gasteiger partial charge in [-0.25, -0.2) is 0 Å². The summed E-state index contributed by atoms with van der Waals surface area (Å²) >= 11 is 0. The van der Waals surface area contributed by atoms with Crippen molar-refractivity contribution in [2.75, 3.05) is 20.2 Å². The molecule has 100 valence electrons. The van der Waals surface area contributed by atoms with Gasteiger partial charge in [0.1, 0.15) is 0 Å². The van der Waals surface area contributed by atoms with Crippen LogP contribution < -0.4 is 5.32 Å². The fourth-order valence-corrected chi connectivity index (χ4v) is 3.46. The number of ether oxygens (including phenoxy) is 1. The third-order valence-corrected chi connectivity index (χ3v) is 4.96. The van der Waals surface area contributed by atoms with Crippen LogP contribution in [0.1, 0.15) is 40.0 Å². The first-order valence-corrected chi connectivity index (χ1v) is 7.19. The molecule has 2 rings (SSSR count). The number of hydrogen-bond acceptors (Lipinski definition) is 3. The molecule has 1 saturated carbocycles. The van der Waals surface area contributed by atoms with Gasteiger partial charge < -0.3 is 10.1 Å². The summed E-state index contributed by atoms with van der Waals surface area (Å²) in [6.45, 7) is 9.35. The minimum Gasteiger partial charge on any atom is -0.381 e. The molecule has 0 aromatic carbocycles. The van der Waals surface area contributed by atoms with Crippen LogP contribution in [0.4, 0.5) is 0 Å².